The van der Waals surface area contributed by atoms with E-state index in [1.54, 1.807) is 12.1 Å². The summed E-state index contributed by atoms with van der Waals surface area (Å²) in [5.74, 6) is -2.18. The van der Waals surface area contributed by atoms with Crippen molar-refractivity contribution in [3.05, 3.63) is 54.1 Å². The van der Waals surface area contributed by atoms with Crippen LogP contribution in [0.2, 0.25) is 0 Å². The highest BCUT2D eigenvalue weighted by Gasteiger charge is 2.48. The Hall–Kier alpha value is -2.36. The van der Waals surface area contributed by atoms with Gasteiger partial charge in [0.25, 0.3) is 5.92 Å². The number of nitrogens with zero attached hydrogens (tertiary/aromatic N) is 1. The van der Waals surface area contributed by atoms with E-state index in [2.05, 4.69) is 11.6 Å². The van der Waals surface area contributed by atoms with Gasteiger partial charge in [0.1, 0.15) is 11.5 Å². The normalized spacial score (nSPS) is 17.9. The summed E-state index contributed by atoms with van der Waals surface area (Å²) in [5.41, 5.74) is 5.76. The Morgan fingerprint density at radius 3 is 2.27 bits per heavy atom. The minimum absolute atomic E-state index is 0.00977. The molecule has 0 aromatic heterocycles. The number of rotatable bonds is 13. The molecule has 0 spiro atoms. The van der Waals surface area contributed by atoms with Crippen molar-refractivity contribution in [2.24, 2.45) is 11.7 Å². The quantitative estimate of drug-likeness (QED) is 0.209. The molecule has 1 aliphatic heterocycles. The van der Waals surface area contributed by atoms with Crippen molar-refractivity contribution >= 4 is 17.9 Å². The van der Waals surface area contributed by atoms with Crippen LogP contribution in [0, 0.1) is 5.92 Å². The molecule has 40 heavy (non-hydrogen) atoms. The number of ether oxygens (including phenoxy) is 2. The third-order valence-electron chi connectivity index (χ3n) is 7.80. The maximum atomic E-state index is 16.0. The van der Waals surface area contributed by atoms with Gasteiger partial charge in [-0.05, 0) is 98.5 Å². The SMILES string of the molecule is CCCCOc1ccc(C(F)(F)C(NSc2ccc(OCC3CCCCC3)cc2)C(=O)N2CCC(N)CC2)cc1. The van der Waals surface area contributed by atoms with Crippen LogP contribution in [0.15, 0.2) is 53.4 Å². The Balaban J connectivity index is 1.43. The van der Waals surface area contributed by atoms with E-state index < -0.39 is 17.9 Å². The van der Waals surface area contributed by atoms with Crippen molar-refractivity contribution in [2.75, 3.05) is 26.3 Å². The van der Waals surface area contributed by atoms with E-state index >= 15 is 8.78 Å². The number of hydrogen-bond donors (Lipinski definition) is 2. The lowest BCUT2D eigenvalue weighted by Gasteiger charge is -2.35. The lowest BCUT2D eigenvalue weighted by atomic mass is 9.90. The molecule has 6 nitrogen and oxygen atoms in total. The number of hydrogen-bond acceptors (Lipinski definition) is 6. The lowest BCUT2D eigenvalue weighted by Crippen LogP contribution is -2.55. The van der Waals surface area contributed by atoms with Crippen LogP contribution >= 0.6 is 11.9 Å². The van der Waals surface area contributed by atoms with Gasteiger partial charge in [0.2, 0.25) is 5.91 Å². The number of carbonyl (C=O) groups excluding carboxylic acids is 1. The first-order valence-electron chi connectivity index (χ1n) is 14.7. The van der Waals surface area contributed by atoms with Gasteiger partial charge in [-0.15, -0.1) is 0 Å². The maximum absolute atomic E-state index is 16.0. The lowest BCUT2D eigenvalue weighted by molar-refractivity contribution is -0.145. The second-order valence-electron chi connectivity index (χ2n) is 11.0. The summed E-state index contributed by atoms with van der Waals surface area (Å²) in [4.78, 5) is 15.7. The van der Waals surface area contributed by atoms with Crippen molar-refractivity contribution in [3.63, 3.8) is 0 Å². The summed E-state index contributed by atoms with van der Waals surface area (Å²) in [6.07, 6.45) is 9.33. The summed E-state index contributed by atoms with van der Waals surface area (Å²) in [6.45, 7) is 4.04. The van der Waals surface area contributed by atoms with Crippen LogP contribution < -0.4 is 19.9 Å². The number of nitrogens with one attached hydrogen (secondary N) is 1. The molecule has 1 saturated heterocycles. The number of carbonyl (C=O) groups is 1. The second kappa shape index (κ2) is 15.0. The molecule has 220 valence electrons. The van der Waals surface area contributed by atoms with Gasteiger partial charge in [-0.2, -0.15) is 8.78 Å². The van der Waals surface area contributed by atoms with Crippen molar-refractivity contribution in [3.8, 4) is 11.5 Å². The van der Waals surface area contributed by atoms with Gasteiger partial charge in [0.15, 0.2) is 6.04 Å². The molecule has 1 atom stereocenters. The van der Waals surface area contributed by atoms with Crippen molar-refractivity contribution < 1.29 is 23.0 Å². The molecule has 0 bridgehead atoms. The van der Waals surface area contributed by atoms with Crippen LogP contribution in [0.1, 0.15) is 70.3 Å². The summed E-state index contributed by atoms with van der Waals surface area (Å²) in [7, 11) is 0. The molecule has 2 aromatic rings. The molecule has 2 fully saturated rings. The summed E-state index contributed by atoms with van der Waals surface area (Å²) in [5, 5.41) is 0. The molecule has 2 aromatic carbocycles. The Labute approximate surface area is 241 Å². The van der Waals surface area contributed by atoms with Gasteiger partial charge < -0.3 is 20.1 Å². The largest absolute Gasteiger partial charge is 0.494 e. The first kappa shape index (κ1) is 30.6. The third-order valence-corrected chi connectivity index (χ3v) is 8.66. The maximum Gasteiger partial charge on any atom is 0.298 e. The van der Waals surface area contributed by atoms with Crippen LogP contribution in [0.3, 0.4) is 0 Å². The first-order valence-corrected chi connectivity index (χ1v) is 15.5. The monoisotopic (exact) mass is 575 g/mol. The highest BCUT2D eigenvalue weighted by atomic mass is 32.2. The van der Waals surface area contributed by atoms with Crippen LogP contribution in [0.5, 0.6) is 11.5 Å². The minimum Gasteiger partial charge on any atom is -0.494 e. The molecule has 1 amide bonds. The standard InChI is InChI=1S/C31H43F2N3O3S/c1-2-3-21-38-26-11-9-24(10-12-26)31(32,33)29(30(37)36-19-17-25(34)18-20-36)35-40-28-15-13-27(14-16-28)39-22-23-7-5-4-6-8-23/h9-16,23,25,29,35H,2-8,17-22,34H2,1H3. The van der Waals surface area contributed by atoms with Gasteiger partial charge >= 0.3 is 0 Å². The molecular weight excluding hydrogens is 532 g/mol. The fourth-order valence-corrected chi connectivity index (χ4v) is 5.93. The number of unbranched alkanes of at least 4 members (excludes halogenated alkanes) is 1. The van der Waals surface area contributed by atoms with Gasteiger partial charge in [-0.3, -0.25) is 4.79 Å². The Morgan fingerprint density at radius 2 is 1.62 bits per heavy atom. The van der Waals surface area contributed by atoms with E-state index in [-0.39, 0.29) is 11.6 Å². The van der Waals surface area contributed by atoms with Gasteiger partial charge in [0.05, 0.1) is 13.2 Å². The zero-order valence-electron chi connectivity index (χ0n) is 23.5. The molecule has 1 unspecified atom stereocenters. The van der Waals surface area contributed by atoms with Crippen LogP contribution in [0.4, 0.5) is 8.78 Å². The molecule has 2 aliphatic rings. The summed E-state index contributed by atoms with van der Waals surface area (Å²) in [6, 6.07) is 11.4. The molecule has 3 N–H and O–H groups in total. The summed E-state index contributed by atoms with van der Waals surface area (Å²) < 4.78 is 46.4. The minimum atomic E-state index is -3.45. The Kier molecular flexibility index (Phi) is 11.5. The number of halogens is 2. The number of nitrogens with two attached hydrogens (primary N) is 1. The predicted octanol–water partition coefficient (Wildman–Crippen LogP) is 6.53. The first-order chi connectivity index (χ1) is 19.4. The Morgan fingerprint density at radius 1 is 1.00 bits per heavy atom. The van der Waals surface area contributed by atoms with E-state index in [1.807, 2.05) is 24.3 Å². The zero-order chi connectivity index (χ0) is 28.4. The number of alkyl halides is 2. The van der Waals surface area contributed by atoms with Crippen LogP contribution in [-0.4, -0.2) is 49.2 Å². The molecular formula is C31H43F2N3O3S. The average Bonchev–Trinajstić information content (AvgIpc) is 2.98. The smallest absolute Gasteiger partial charge is 0.298 e. The van der Waals surface area contributed by atoms with E-state index in [9.17, 15) is 4.79 Å². The van der Waals surface area contributed by atoms with Crippen molar-refractivity contribution in [1.29, 1.82) is 0 Å². The molecule has 0 radical (unpaired) electrons. The number of piperidine rings is 1. The van der Waals surface area contributed by atoms with E-state index in [4.69, 9.17) is 15.2 Å². The van der Waals surface area contributed by atoms with E-state index in [0.717, 1.165) is 35.4 Å². The van der Waals surface area contributed by atoms with Crippen LogP contribution in [0.25, 0.3) is 0 Å². The van der Waals surface area contributed by atoms with Gasteiger partial charge in [-0.1, -0.05) is 32.6 Å². The predicted molar refractivity (Wildman–Crippen MR) is 156 cm³/mol. The van der Waals surface area contributed by atoms with Crippen LogP contribution in [-0.2, 0) is 10.7 Å². The Bertz CT molecular complexity index is 1040. The zero-order valence-corrected chi connectivity index (χ0v) is 24.3. The summed E-state index contributed by atoms with van der Waals surface area (Å²) >= 11 is 1.03. The second-order valence-corrected chi connectivity index (χ2v) is 11.9. The van der Waals surface area contributed by atoms with E-state index in [0.29, 0.717) is 50.8 Å². The van der Waals surface area contributed by atoms with Gasteiger partial charge in [0, 0.05) is 29.6 Å². The fraction of sp³-hybridized carbons (Fsp3) is 0.581. The van der Waals surface area contributed by atoms with Gasteiger partial charge in [-0.25, -0.2) is 4.72 Å². The fourth-order valence-electron chi connectivity index (χ4n) is 5.16. The van der Waals surface area contributed by atoms with Crippen molar-refractivity contribution in [2.45, 2.75) is 87.6 Å². The molecule has 4 rings (SSSR count). The molecule has 1 saturated carbocycles. The number of likely N-dealkylation sites (tertiary alicyclic amines) is 1. The third kappa shape index (κ3) is 8.57. The molecule has 9 heteroatoms. The average molecular weight is 576 g/mol. The number of amides is 1. The molecule has 1 heterocycles. The number of benzene rings is 2. The topological polar surface area (TPSA) is 76.8 Å². The van der Waals surface area contributed by atoms with Crippen molar-refractivity contribution in [1.82, 2.24) is 9.62 Å². The highest BCUT2D eigenvalue weighted by molar-refractivity contribution is 7.97. The van der Waals surface area contributed by atoms with E-state index in [1.165, 1.54) is 49.1 Å². The molecule has 1 aliphatic carbocycles. The highest BCUT2D eigenvalue weighted by Crippen LogP contribution is 2.36.